The molecule has 1 aromatic carbocycles. The number of aromatic nitrogens is 1. The van der Waals surface area contributed by atoms with Crippen LogP contribution in [-0.4, -0.2) is 4.98 Å². The van der Waals surface area contributed by atoms with E-state index in [9.17, 15) is 0 Å². The van der Waals surface area contributed by atoms with Crippen LogP contribution in [-0.2, 0) is 0 Å². The average molecular weight is 238 g/mol. The summed E-state index contributed by atoms with van der Waals surface area (Å²) in [5.41, 5.74) is 1.97. The monoisotopic (exact) mass is 237 g/mol. The van der Waals surface area contributed by atoms with E-state index < -0.39 is 0 Å². The third-order valence-electron chi connectivity index (χ3n) is 1.84. The molecule has 0 N–H and O–H groups in total. The number of rotatable bonds is 1. The number of oxazole rings is 1. The zero-order valence-corrected chi connectivity index (χ0v) is 8.71. The zero-order chi connectivity index (χ0) is 9.26. The van der Waals surface area contributed by atoms with Gasteiger partial charge in [-0.1, -0.05) is 28.1 Å². The Kier molecular flexibility index (Phi) is 2.19. The third-order valence-corrected chi connectivity index (χ3v) is 2.34. The van der Waals surface area contributed by atoms with Crippen LogP contribution in [0.15, 0.2) is 39.5 Å². The first-order valence-electron chi connectivity index (χ1n) is 3.93. The first-order chi connectivity index (χ1) is 6.27. The first kappa shape index (κ1) is 8.51. The Morgan fingerprint density at radius 1 is 1.38 bits per heavy atom. The van der Waals surface area contributed by atoms with Crippen molar-refractivity contribution in [3.63, 3.8) is 0 Å². The Morgan fingerprint density at radius 3 is 2.85 bits per heavy atom. The number of benzene rings is 1. The van der Waals surface area contributed by atoms with Crippen molar-refractivity contribution in [2.24, 2.45) is 0 Å². The molecule has 0 saturated heterocycles. The van der Waals surface area contributed by atoms with Gasteiger partial charge >= 0.3 is 0 Å². The molecule has 0 atom stereocenters. The van der Waals surface area contributed by atoms with E-state index in [2.05, 4.69) is 20.9 Å². The molecule has 0 amide bonds. The van der Waals surface area contributed by atoms with E-state index >= 15 is 0 Å². The van der Waals surface area contributed by atoms with Crippen molar-refractivity contribution in [2.75, 3.05) is 0 Å². The standard InChI is InChI=1S/C10H8BrNO/c1-7-10(12-6-13-7)8-3-2-4-9(11)5-8/h2-6H,1H3. The fourth-order valence-electron chi connectivity index (χ4n) is 1.22. The molecular weight excluding hydrogens is 230 g/mol. The number of nitrogens with zero attached hydrogens (tertiary/aromatic N) is 1. The van der Waals surface area contributed by atoms with Gasteiger partial charge in [-0.15, -0.1) is 0 Å². The molecule has 13 heavy (non-hydrogen) atoms. The fraction of sp³-hybridized carbons (Fsp3) is 0.100. The topological polar surface area (TPSA) is 26.0 Å². The minimum Gasteiger partial charge on any atom is -0.448 e. The van der Waals surface area contributed by atoms with Crippen molar-refractivity contribution in [1.29, 1.82) is 0 Å². The van der Waals surface area contributed by atoms with Crippen molar-refractivity contribution < 1.29 is 4.42 Å². The zero-order valence-electron chi connectivity index (χ0n) is 7.12. The molecule has 0 bridgehead atoms. The van der Waals surface area contributed by atoms with Gasteiger partial charge in [-0.05, 0) is 19.1 Å². The van der Waals surface area contributed by atoms with Gasteiger partial charge in [0, 0.05) is 10.0 Å². The van der Waals surface area contributed by atoms with Crippen LogP contribution in [0.25, 0.3) is 11.3 Å². The molecule has 2 nitrogen and oxygen atoms in total. The number of aryl methyl sites for hydroxylation is 1. The van der Waals surface area contributed by atoms with E-state index in [1.807, 2.05) is 31.2 Å². The summed E-state index contributed by atoms with van der Waals surface area (Å²) < 4.78 is 6.18. The minimum absolute atomic E-state index is 0.845. The van der Waals surface area contributed by atoms with Crippen molar-refractivity contribution in [2.45, 2.75) is 6.92 Å². The summed E-state index contributed by atoms with van der Waals surface area (Å²) in [6, 6.07) is 7.99. The van der Waals surface area contributed by atoms with Crippen LogP contribution in [0.4, 0.5) is 0 Å². The third kappa shape index (κ3) is 1.65. The lowest BCUT2D eigenvalue weighted by atomic mass is 10.1. The molecule has 1 heterocycles. The highest BCUT2D eigenvalue weighted by molar-refractivity contribution is 9.10. The van der Waals surface area contributed by atoms with Gasteiger partial charge < -0.3 is 4.42 Å². The number of halogens is 1. The van der Waals surface area contributed by atoms with Gasteiger partial charge in [-0.2, -0.15) is 0 Å². The van der Waals surface area contributed by atoms with Gasteiger partial charge in [0.25, 0.3) is 0 Å². The Morgan fingerprint density at radius 2 is 2.23 bits per heavy atom. The van der Waals surface area contributed by atoms with Gasteiger partial charge in [-0.25, -0.2) is 4.98 Å². The van der Waals surface area contributed by atoms with Gasteiger partial charge in [-0.3, -0.25) is 0 Å². The van der Waals surface area contributed by atoms with E-state index in [1.54, 1.807) is 0 Å². The summed E-state index contributed by atoms with van der Waals surface area (Å²) >= 11 is 3.41. The minimum atomic E-state index is 0.845. The maximum absolute atomic E-state index is 5.13. The highest BCUT2D eigenvalue weighted by atomic mass is 79.9. The van der Waals surface area contributed by atoms with Crippen LogP contribution in [0, 0.1) is 6.92 Å². The van der Waals surface area contributed by atoms with E-state index in [0.29, 0.717) is 0 Å². The van der Waals surface area contributed by atoms with Crippen LogP contribution in [0.1, 0.15) is 5.76 Å². The highest BCUT2D eigenvalue weighted by Gasteiger charge is 2.05. The molecule has 0 saturated carbocycles. The second-order valence-electron chi connectivity index (χ2n) is 2.77. The van der Waals surface area contributed by atoms with Crippen LogP contribution in [0.3, 0.4) is 0 Å². The van der Waals surface area contributed by atoms with E-state index in [1.165, 1.54) is 6.39 Å². The molecular formula is C10H8BrNO. The van der Waals surface area contributed by atoms with Gasteiger partial charge in [0.1, 0.15) is 11.5 Å². The number of hydrogen-bond donors (Lipinski definition) is 0. The summed E-state index contributed by atoms with van der Waals surface area (Å²) in [6.07, 6.45) is 1.46. The predicted octanol–water partition coefficient (Wildman–Crippen LogP) is 3.41. The molecule has 0 fully saturated rings. The van der Waals surface area contributed by atoms with Crippen molar-refractivity contribution in [1.82, 2.24) is 4.98 Å². The van der Waals surface area contributed by atoms with Crippen molar-refractivity contribution in [3.8, 4) is 11.3 Å². The first-order valence-corrected chi connectivity index (χ1v) is 4.72. The van der Waals surface area contributed by atoms with Crippen LogP contribution < -0.4 is 0 Å². The predicted molar refractivity (Wildman–Crippen MR) is 54.4 cm³/mol. The summed E-state index contributed by atoms with van der Waals surface area (Å²) in [4.78, 5) is 4.14. The van der Waals surface area contributed by atoms with E-state index in [4.69, 9.17) is 4.42 Å². The molecule has 3 heteroatoms. The Labute approximate surface area is 84.7 Å². The molecule has 0 aliphatic carbocycles. The largest absolute Gasteiger partial charge is 0.448 e. The summed E-state index contributed by atoms with van der Waals surface area (Å²) in [5.74, 6) is 0.845. The van der Waals surface area contributed by atoms with Crippen LogP contribution >= 0.6 is 15.9 Å². The second kappa shape index (κ2) is 3.34. The van der Waals surface area contributed by atoms with Crippen LogP contribution in [0.5, 0.6) is 0 Å². The summed E-state index contributed by atoms with van der Waals surface area (Å²) in [6.45, 7) is 1.91. The molecule has 66 valence electrons. The number of hydrogen-bond acceptors (Lipinski definition) is 2. The van der Waals surface area contributed by atoms with E-state index in [0.717, 1.165) is 21.5 Å². The molecule has 0 radical (unpaired) electrons. The molecule has 1 aromatic heterocycles. The van der Waals surface area contributed by atoms with Gasteiger partial charge in [0.2, 0.25) is 0 Å². The van der Waals surface area contributed by atoms with Crippen LogP contribution in [0.2, 0.25) is 0 Å². The SMILES string of the molecule is Cc1ocnc1-c1cccc(Br)c1. The lowest BCUT2D eigenvalue weighted by molar-refractivity contribution is 0.527. The summed E-state index contributed by atoms with van der Waals surface area (Å²) in [7, 11) is 0. The maximum atomic E-state index is 5.13. The molecule has 0 aliphatic rings. The normalized spacial score (nSPS) is 10.3. The maximum Gasteiger partial charge on any atom is 0.181 e. The van der Waals surface area contributed by atoms with Gasteiger partial charge in [0.05, 0.1) is 0 Å². The second-order valence-corrected chi connectivity index (χ2v) is 3.68. The fourth-order valence-corrected chi connectivity index (χ4v) is 1.62. The smallest absolute Gasteiger partial charge is 0.181 e. The molecule has 2 aromatic rings. The quantitative estimate of drug-likeness (QED) is 0.760. The molecule has 2 rings (SSSR count). The van der Waals surface area contributed by atoms with Crippen molar-refractivity contribution >= 4 is 15.9 Å². The lowest BCUT2D eigenvalue weighted by Crippen LogP contribution is -1.79. The van der Waals surface area contributed by atoms with E-state index in [-0.39, 0.29) is 0 Å². The highest BCUT2D eigenvalue weighted by Crippen LogP contribution is 2.23. The average Bonchev–Trinajstić information content (AvgIpc) is 2.51. The van der Waals surface area contributed by atoms with Gasteiger partial charge in [0.15, 0.2) is 6.39 Å². The Balaban J connectivity index is 2.53. The molecule has 0 spiro atoms. The molecule has 0 aliphatic heterocycles. The Bertz CT molecular complexity index is 422. The lowest BCUT2D eigenvalue weighted by Gasteiger charge is -1.97. The Hall–Kier alpha value is -1.09. The molecule has 0 unspecified atom stereocenters. The van der Waals surface area contributed by atoms with Crippen molar-refractivity contribution in [3.05, 3.63) is 40.9 Å². The summed E-state index contributed by atoms with van der Waals surface area (Å²) in [5, 5.41) is 0.